The molecule has 0 unspecified atom stereocenters. The van der Waals surface area contributed by atoms with Gasteiger partial charge in [0.1, 0.15) is 5.75 Å². The van der Waals surface area contributed by atoms with Crippen LogP contribution in [0, 0.1) is 10.1 Å². The number of thiocarbonyl (C=S) groups is 1. The Morgan fingerprint density at radius 1 is 1.12 bits per heavy atom. The third-order valence-corrected chi connectivity index (χ3v) is 5.07. The predicted octanol–water partition coefficient (Wildman–Crippen LogP) is 6.17. The number of nitrogens with one attached hydrogen (secondary N) is 2. The van der Waals surface area contributed by atoms with Gasteiger partial charge >= 0.3 is 11.9 Å². The Morgan fingerprint density at radius 2 is 1.82 bits per heavy atom. The van der Waals surface area contributed by atoms with Gasteiger partial charge in [0, 0.05) is 22.6 Å². The second kappa shape index (κ2) is 11.1. The van der Waals surface area contributed by atoms with Crippen LogP contribution in [0.1, 0.15) is 16.7 Å². The minimum Gasteiger partial charge on any atom is -0.449 e. The molecule has 0 atom stereocenters. The molecule has 0 spiro atoms. The van der Waals surface area contributed by atoms with E-state index in [1.54, 1.807) is 12.1 Å². The van der Waals surface area contributed by atoms with E-state index < -0.39 is 22.4 Å². The first-order valence-corrected chi connectivity index (χ1v) is 10.8. The SMILES string of the molecule is O=[N+]([O-])c1cc(C(F)(F)F)ccc1Oc1ccc(Br)cc1/C=N/NC(=S)NCc1ccccc1. The fourth-order valence-corrected chi connectivity index (χ4v) is 3.24. The zero-order valence-electron chi connectivity index (χ0n) is 17.2. The van der Waals surface area contributed by atoms with Gasteiger partial charge in [-0.25, -0.2) is 0 Å². The van der Waals surface area contributed by atoms with E-state index in [9.17, 15) is 23.3 Å². The minimum absolute atomic E-state index is 0.139. The number of hydrazone groups is 1. The fourth-order valence-electron chi connectivity index (χ4n) is 2.73. The number of hydrogen-bond acceptors (Lipinski definition) is 5. The highest BCUT2D eigenvalue weighted by Gasteiger charge is 2.33. The maximum absolute atomic E-state index is 12.9. The molecule has 0 amide bonds. The highest BCUT2D eigenvalue weighted by atomic mass is 79.9. The Hall–Kier alpha value is -3.51. The van der Waals surface area contributed by atoms with Gasteiger partial charge in [0.05, 0.1) is 16.7 Å². The van der Waals surface area contributed by atoms with Crippen molar-refractivity contribution in [1.82, 2.24) is 10.7 Å². The average molecular weight is 553 g/mol. The third-order valence-electron chi connectivity index (χ3n) is 4.34. The normalized spacial score (nSPS) is 11.3. The molecule has 34 heavy (non-hydrogen) atoms. The lowest BCUT2D eigenvalue weighted by Crippen LogP contribution is -2.31. The topological polar surface area (TPSA) is 88.8 Å². The molecular weight excluding hydrogens is 537 g/mol. The van der Waals surface area contributed by atoms with Crippen molar-refractivity contribution >= 4 is 45.2 Å². The van der Waals surface area contributed by atoms with Crippen molar-refractivity contribution in [1.29, 1.82) is 0 Å². The first-order valence-electron chi connectivity index (χ1n) is 9.57. The number of nitro groups is 1. The highest BCUT2D eigenvalue weighted by Crippen LogP contribution is 2.38. The maximum Gasteiger partial charge on any atom is 0.416 e. The van der Waals surface area contributed by atoms with E-state index in [2.05, 4.69) is 31.8 Å². The molecule has 176 valence electrons. The molecule has 3 aromatic rings. The summed E-state index contributed by atoms with van der Waals surface area (Å²) >= 11 is 8.49. The molecule has 0 bridgehead atoms. The first-order chi connectivity index (χ1) is 16.1. The molecule has 3 rings (SSSR count). The lowest BCUT2D eigenvalue weighted by Gasteiger charge is -2.12. The van der Waals surface area contributed by atoms with E-state index in [0.717, 1.165) is 11.6 Å². The van der Waals surface area contributed by atoms with Crippen molar-refractivity contribution in [2.24, 2.45) is 5.10 Å². The summed E-state index contributed by atoms with van der Waals surface area (Å²) in [4.78, 5) is 10.4. The summed E-state index contributed by atoms with van der Waals surface area (Å²) < 4.78 is 45.1. The van der Waals surface area contributed by atoms with Gasteiger partial charge in [-0.3, -0.25) is 15.5 Å². The summed E-state index contributed by atoms with van der Waals surface area (Å²) in [7, 11) is 0. The molecule has 0 aliphatic carbocycles. The summed E-state index contributed by atoms with van der Waals surface area (Å²) in [5.74, 6) is -0.206. The van der Waals surface area contributed by atoms with E-state index in [-0.39, 0.29) is 16.6 Å². The van der Waals surface area contributed by atoms with Gasteiger partial charge in [-0.1, -0.05) is 46.3 Å². The van der Waals surface area contributed by atoms with Crippen molar-refractivity contribution in [2.45, 2.75) is 12.7 Å². The molecule has 0 heterocycles. The molecule has 0 aromatic heterocycles. The Bertz CT molecular complexity index is 1220. The molecule has 3 aromatic carbocycles. The Balaban J connectivity index is 1.75. The monoisotopic (exact) mass is 552 g/mol. The number of nitrogens with zero attached hydrogens (tertiary/aromatic N) is 2. The molecule has 0 fully saturated rings. The number of rotatable bonds is 7. The summed E-state index contributed by atoms with van der Waals surface area (Å²) in [6.45, 7) is 0.491. The lowest BCUT2D eigenvalue weighted by atomic mass is 10.1. The van der Waals surface area contributed by atoms with E-state index in [1.807, 2.05) is 30.3 Å². The summed E-state index contributed by atoms with van der Waals surface area (Å²) in [6.07, 6.45) is -3.36. The van der Waals surface area contributed by atoms with Gasteiger partial charge in [0.15, 0.2) is 5.11 Å². The van der Waals surface area contributed by atoms with Crippen LogP contribution in [-0.2, 0) is 12.7 Å². The summed E-state index contributed by atoms with van der Waals surface area (Å²) in [6, 6.07) is 16.4. The van der Waals surface area contributed by atoms with Crippen LogP contribution in [-0.4, -0.2) is 16.3 Å². The Morgan fingerprint density at radius 3 is 2.50 bits per heavy atom. The molecule has 12 heteroatoms. The minimum atomic E-state index is -4.72. The molecule has 0 saturated carbocycles. The standard InChI is InChI=1S/C22H16BrF3N4O3S/c23-17-7-9-19(33-20-8-6-16(22(24,25)26)11-18(20)30(31)32)15(10-17)13-28-29-21(34)27-12-14-4-2-1-3-5-14/h1-11,13H,12H2,(H2,27,29,34)/b28-13+. The third kappa shape index (κ3) is 6.99. The number of ether oxygens (including phenoxy) is 1. The highest BCUT2D eigenvalue weighted by molar-refractivity contribution is 9.10. The van der Waals surface area contributed by atoms with E-state index >= 15 is 0 Å². The lowest BCUT2D eigenvalue weighted by molar-refractivity contribution is -0.385. The largest absolute Gasteiger partial charge is 0.449 e. The van der Waals surface area contributed by atoms with Crippen LogP contribution >= 0.6 is 28.1 Å². The number of halogens is 4. The quantitative estimate of drug-likeness (QED) is 0.158. The van der Waals surface area contributed by atoms with Gasteiger partial charge in [-0.15, -0.1) is 0 Å². The Labute approximate surface area is 205 Å². The molecule has 0 aliphatic rings. The van der Waals surface area contributed by atoms with Crippen molar-refractivity contribution < 1.29 is 22.8 Å². The van der Waals surface area contributed by atoms with Crippen LogP contribution in [0.4, 0.5) is 18.9 Å². The maximum atomic E-state index is 12.9. The van der Waals surface area contributed by atoms with Gasteiger partial charge in [-0.2, -0.15) is 18.3 Å². The van der Waals surface area contributed by atoms with Gasteiger partial charge in [0.2, 0.25) is 5.75 Å². The first kappa shape index (κ1) is 25.1. The number of alkyl halides is 3. The van der Waals surface area contributed by atoms with Gasteiger partial charge in [0.25, 0.3) is 0 Å². The fraction of sp³-hybridized carbons (Fsp3) is 0.0909. The van der Waals surface area contributed by atoms with Crippen LogP contribution < -0.4 is 15.5 Å². The molecule has 2 N–H and O–H groups in total. The van der Waals surface area contributed by atoms with Crippen molar-refractivity contribution in [3.8, 4) is 11.5 Å². The molecule has 0 aliphatic heterocycles. The predicted molar refractivity (Wildman–Crippen MR) is 129 cm³/mol. The van der Waals surface area contributed by atoms with E-state index in [1.165, 1.54) is 12.3 Å². The van der Waals surface area contributed by atoms with Crippen LogP contribution in [0.2, 0.25) is 0 Å². The van der Waals surface area contributed by atoms with Crippen LogP contribution in [0.3, 0.4) is 0 Å². The number of hydrogen-bond donors (Lipinski definition) is 2. The van der Waals surface area contributed by atoms with Gasteiger partial charge < -0.3 is 10.1 Å². The Kier molecular flexibility index (Phi) is 8.18. The average Bonchev–Trinajstić information content (AvgIpc) is 2.79. The number of benzene rings is 3. The van der Waals surface area contributed by atoms with Gasteiger partial charge in [-0.05, 0) is 48.1 Å². The molecular formula is C22H16BrF3N4O3S. The summed E-state index contributed by atoms with van der Waals surface area (Å²) in [5.41, 5.74) is 2.10. The van der Waals surface area contributed by atoms with Crippen molar-refractivity contribution in [3.05, 3.63) is 98.0 Å². The van der Waals surface area contributed by atoms with Crippen LogP contribution in [0.25, 0.3) is 0 Å². The van der Waals surface area contributed by atoms with Crippen LogP contribution in [0.15, 0.2) is 76.3 Å². The zero-order valence-corrected chi connectivity index (χ0v) is 19.6. The van der Waals surface area contributed by atoms with E-state index in [4.69, 9.17) is 17.0 Å². The van der Waals surface area contributed by atoms with Crippen LogP contribution in [0.5, 0.6) is 11.5 Å². The molecule has 0 saturated heterocycles. The molecule has 7 nitrogen and oxygen atoms in total. The smallest absolute Gasteiger partial charge is 0.416 e. The van der Waals surface area contributed by atoms with E-state index in [0.29, 0.717) is 28.7 Å². The van der Waals surface area contributed by atoms with Crippen molar-refractivity contribution in [3.63, 3.8) is 0 Å². The second-order valence-corrected chi connectivity index (χ2v) is 8.08. The summed E-state index contributed by atoms with van der Waals surface area (Å²) in [5, 5.41) is 18.6. The van der Waals surface area contributed by atoms with Crippen molar-refractivity contribution in [2.75, 3.05) is 0 Å². The zero-order chi connectivity index (χ0) is 24.7. The molecule has 0 radical (unpaired) electrons. The second-order valence-electron chi connectivity index (χ2n) is 6.76. The number of nitro benzene ring substituents is 1.